The van der Waals surface area contributed by atoms with Gasteiger partial charge in [-0.2, -0.15) is 0 Å². The van der Waals surface area contributed by atoms with Crippen LogP contribution in [0, 0.1) is 5.92 Å². The van der Waals surface area contributed by atoms with E-state index in [-0.39, 0.29) is 11.7 Å². The molecular weight excluding hydrogens is 248 g/mol. The molecule has 0 amide bonds. The van der Waals surface area contributed by atoms with Crippen molar-refractivity contribution in [3.05, 3.63) is 47.2 Å². The Kier molecular flexibility index (Phi) is 2.57. The number of Topliss-reactive ketones (excluding diaryl/α,β-unsaturated/α-hetero) is 1. The summed E-state index contributed by atoms with van der Waals surface area (Å²) in [5, 5.41) is 1.20. The van der Waals surface area contributed by atoms with Gasteiger partial charge in [-0.05, 0) is 31.5 Å². The molecule has 2 atom stereocenters. The maximum Gasteiger partial charge on any atom is 0.186 e. The SMILES string of the molecule is C/C=C1/CN2CC[C@@H]1C(=O)c1[nH]c3ccccc3c1C2. The summed E-state index contributed by atoms with van der Waals surface area (Å²) < 4.78 is 0. The lowest BCUT2D eigenvalue weighted by atomic mass is 9.83. The first-order chi connectivity index (χ1) is 9.78. The number of allylic oxidation sites excluding steroid dienone is 1. The molecule has 3 nitrogen and oxygen atoms in total. The molecule has 3 aliphatic rings. The van der Waals surface area contributed by atoms with Crippen molar-refractivity contribution in [1.29, 1.82) is 0 Å². The topological polar surface area (TPSA) is 36.1 Å². The summed E-state index contributed by atoms with van der Waals surface area (Å²) in [7, 11) is 0. The Hall–Kier alpha value is -1.87. The van der Waals surface area contributed by atoms with Gasteiger partial charge in [0.25, 0.3) is 0 Å². The third-order valence-electron chi connectivity index (χ3n) is 4.72. The third-order valence-corrected chi connectivity index (χ3v) is 4.72. The fourth-order valence-corrected chi connectivity index (χ4v) is 3.64. The number of aromatic amines is 1. The van der Waals surface area contributed by atoms with Crippen molar-refractivity contribution >= 4 is 16.7 Å². The van der Waals surface area contributed by atoms with E-state index in [9.17, 15) is 4.79 Å². The number of fused-ring (bicyclic) bond motifs is 3. The maximum atomic E-state index is 12.9. The van der Waals surface area contributed by atoms with Crippen LogP contribution in [0.2, 0.25) is 0 Å². The Morgan fingerprint density at radius 3 is 3.00 bits per heavy atom. The van der Waals surface area contributed by atoms with Gasteiger partial charge in [0.05, 0.1) is 5.69 Å². The van der Waals surface area contributed by atoms with Crippen LogP contribution in [0.15, 0.2) is 35.9 Å². The van der Waals surface area contributed by atoms with Gasteiger partial charge in [0, 0.05) is 35.5 Å². The van der Waals surface area contributed by atoms with Crippen LogP contribution in [-0.2, 0) is 6.54 Å². The zero-order chi connectivity index (χ0) is 13.7. The average molecular weight is 266 g/mol. The van der Waals surface area contributed by atoms with Crippen LogP contribution < -0.4 is 0 Å². The highest BCUT2D eigenvalue weighted by atomic mass is 16.1. The van der Waals surface area contributed by atoms with E-state index in [1.165, 1.54) is 16.5 Å². The van der Waals surface area contributed by atoms with E-state index in [0.29, 0.717) is 0 Å². The number of carbonyl (C=O) groups is 1. The lowest BCUT2D eigenvalue weighted by Crippen LogP contribution is -2.40. The van der Waals surface area contributed by atoms with Gasteiger partial charge in [-0.25, -0.2) is 0 Å². The number of nitrogens with one attached hydrogen (secondary N) is 1. The number of carbonyl (C=O) groups excluding carboxylic acids is 1. The van der Waals surface area contributed by atoms with Gasteiger partial charge in [0.15, 0.2) is 5.78 Å². The molecule has 20 heavy (non-hydrogen) atoms. The van der Waals surface area contributed by atoms with Crippen molar-refractivity contribution < 1.29 is 4.79 Å². The smallest absolute Gasteiger partial charge is 0.186 e. The minimum Gasteiger partial charge on any atom is -0.352 e. The molecule has 5 rings (SSSR count). The van der Waals surface area contributed by atoms with Gasteiger partial charge in [-0.1, -0.05) is 24.3 Å². The molecule has 3 aliphatic heterocycles. The van der Waals surface area contributed by atoms with Gasteiger partial charge >= 0.3 is 0 Å². The van der Waals surface area contributed by atoms with E-state index in [0.717, 1.165) is 37.3 Å². The summed E-state index contributed by atoms with van der Waals surface area (Å²) in [5.41, 5.74) is 4.38. The molecule has 1 saturated heterocycles. The van der Waals surface area contributed by atoms with E-state index in [4.69, 9.17) is 0 Å². The third kappa shape index (κ3) is 1.59. The van der Waals surface area contributed by atoms with Crippen molar-refractivity contribution in [3.8, 4) is 0 Å². The number of benzene rings is 1. The molecule has 1 N–H and O–H groups in total. The lowest BCUT2D eigenvalue weighted by molar-refractivity contribution is 0.0875. The number of hydrogen-bond acceptors (Lipinski definition) is 2. The van der Waals surface area contributed by atoms with Crippen molar-refractivity contribution in [2.24, 2.45) is 5.92 Å². The van der Waals surface area contributed by atoms with Crippen LogP contribution in [0.25, 0.3) is 10.9 Å². The molecule has 3 heteroatoms. The molecule has 0 radical (unpaired) electrons. The highest BCUT2D eigenvalue weighted by Crippen LogP contribution is 2.35. The molecule has 0 spiro atoms. The summed E-state index contributed by atoms with van der Waals surface area (Å²) >= 11 is 0. The number of hydrogen-bond donors (Lipinski definition) is 1. The molecular formula is C17H18N2O. The monoisotopic (exact) mass is 266 g/mol. The van der Waals surface area contributed by atoms with E-state index in [2.05, 4.69) is 28.1 Å². The van der Waals surface area contributed by atoms with Crippen LogP contribution in [0.3, 0.4) is 0 Å². The quantitative estimate of drug-likeness (QED) is 0.744. The standard InChI is InChI=1S/C17H18N2O/c1-2-11-9-19-8-7-12(11)17(20)16-14(10-19)13-5-3-4-6-15(13)18-16/h2-6,12,18H,7-10H2,1H3/b11-2-/t12-/m0/s1. The zero-order valence-electron chi connectivity index (χ0n) is 11.6. The number of piperidine rings is 1. The summed E-state index contributed by atoms with van der Waals surface area (Å²) in [5.74, 6) is 0.354. The second-order valence-corrected chi connectivity index (χ2v) is 5.80. The number of rotatable bonds is 0. The Morgan fingerprint density at radius 1 is 1.30 bits per heavy atom. The highest BCUT2D eigenvalue weighted by Gasteiger charge is 2.35. The fourth-order valence-electron chi connectivity index (χ4n) is 3.64. The number of ketones is 1. The molecule has 2 aromatic rings. The minimum atomic E-state index is 0.0726. The molecule has 1 unspecified atom stereocenters. The van der Waals surface area contributed by atoms with Crippen molar-refractivity contribution in [1.82, 2.24) is 9.88 Å². The number of aromatic nitrogens is 1. The number of H-pyrrole nitrogens is 1. The maximum absolute atomic E-state index is 12.9. The predicted octanol–water partition coefficient (Wildman–Crippen LogP) is 3.13. The van der Waals surface area contributed by atoms with E-state index >= 15 is 0 Å². The van der Waals surface area contributed by atoms with Crippen LogP contribution in [0.4, 0.5) is 0 Å². The molecule has 0 saturated carbocycles. The van der Waals surface area contributed by atoms with Crippen molar-refractivity contribution in [2.45, 2.75) is 19.9 Å². The second-order valence-electron chi connectivity index (χ2n) is 5.80. The van der Waals surface area contributed by atoms with Crippen LogP contribution in [0.1, 0.15) is 29.4 Å². The molecule has 102 valence electrons. The summed E-state index contributed by atoms with van der Waals surface area (Å²) in [6.07, 6.45) is 3.08. The van der Waals surface area contributed by atoms with Gasteiger partial charge in [0.1, 0.15) is 0 Å². The van der Waals surface area contributed by atoms with E-state index < -0.39 is 0 Å². The predicted molar refractivity (Wildman–Crippen MR) is 79.8 cm³/mol. The van der Waals surface area contributed by atoms with Gasteiger partial charge in [-0.3, -0.25) is 9.69 Å². The van der Waals surface area contributed by atoms with E-state index in [1.807, 2.05) is 19.1 Å². The lowest BCUT2D eigenvalue weighted by Gasteiger charge is -2.36. The van der Waals surface area contributed by atoms with E-state index in [1.54, 1.807) is 0 Å². The van der Waals surface area contributed by atoms with Crippen LogP contribution in [-0.4, -0.2) is 28.8 Å². The van der Waals surface area contributed by atoms with Gasteiger partial charge in [-0.15, -0.1) is 0 Å². The zero-order valence-corrected chi connectivity index (χ0v) is 11.6. The Labute approximate surface area is 118 Å². The number of nitrogens with zero attached hydrogens (tertiary/aromatic N) is 1. The molecule has 4 heterocycles. The van der Waals surface area contributed by atoms with Crippen molar-refractivity contribution in [2.75, 3.05) is 13.1 Å². The normalized spacial score (nSPS) is 27.6. The first kappa shape index (κ1) is 11.9. The first-order valence-corrected chi connectivity index (χ1v) is 7.29. The Morgan fingerprint density at radius 2 is 2.15 bits per heavy atom. The molecule has 1 fully saturated rings. The fraction of sp³-hybridized carbons (Fsp3) is 0.353. The molecule has 0 aliphatic carbocycles. The first-order valence-electron chi connectivity index (χ1n) is 7.29. The summed E-state index contributed by atoms with van der Waals surface area (Å²) in [6, 6.07) is 8.24. The second kappa shape index (κ2) is 4.32. The van der Waals surface area contributed by atoms with Crippen LogP contribution in [0.5, 0.6) is 0 Å². The molecule has 1 aromatic heterocycles. The van der Waals surface area contributed by atoms with Crippen molar-refractivity contribution in [3.63, 3.8) is 0 Å². The average Bonchev–Trinajstić information content (AvgIpc) is 2.83. The minimum absolute atomic E-state index is 0.0726. The van der Waals surface area contributed by atoms with Gasteiger partial charge in [0.2, 0.25) is 0 Å². The Bertz CT molecular complexity index is 726. The Balaban J connectivity index is 1.95. The number of para-hydroxylation sites is 1. The highest BCUT2D eigenvalue weighted by molar-refractivity contribution is 6.04. The summed E-state index contributed by atoms with van der Waals surface area (Å²) in [4.78, 5) is 18.7. The summed E-state index contributed by atoms with van der Waals surface area (Å²) in [6.45, 7) is 4.88. The van der Waals surface area contributed by atoms with Crippen LogP contribution >= 0.6 is 0 Å². The molecule has 1 aromatic carbocycles. The molecule has 2 bridgehead atoms. The largest absolute Gasteiger partial charge is 0.352 e. The van der Waals surface area contributed by atoms with Gasteiger partial charge < -0.3 is 4.98 Å².